The minimum atomic E-state index is 0.132. The highest BCUT2D eigenvalue weighted by atomic mass is 15.3. The number of nitrogen functional groups attached to an aromatic ring is 1. The van der Waals surface area contributed by atoms with Crippen LogP contribution in [0.4, 0.5) is 11.6 Å². The van der Waals surface area contributed by atoms with Gasteiger partial charge in [0.05, 0.1) is 6.04 Å². The zero-order valence-electron chi connectivity index (χ0n) is 10.4. The monoisotopic (exact) mass is 244 g/mol. The lowest BCUT2D eigenvalue weighted by atomic mass is 10.1. The third kappa shape index (κ3) is 2.92. The maximum atomic E-state index is 5.35. The molecule has 1 atom stereocenters. The van der Waals surface area contributed by atoms with Gasteiger partial charge >= 0.3 is 0 Å². The van der Waals surface area contributed by atoms with Crippen LogP contribution in [-0.2, 0) is 0 Å². The van der Waals surface area contributed by atoms with E-state index in [1.807, 2.05) is 19.1 Å². The first-order valence-electron chi connectivity index (χ1n) is 5.68. The largest absolute Gasteiger partial charge is 0.363 e. The molecule has 0 saturated heterocycles. The molecule has 1 unspecified atom stereocenters. The van der Waals surface area contributed by atoms with E-state index in [1.165, 1.54) is 0 Å². The van der Waals surface area contributed by atoms with E-state index in [4.69, 9.17) is 5.84 Å². The fourth-order valence-corrected chi connectivity index (χ4v) is 1.67. The van der Waals surface area contributed by atoms with Crippen LogP contribution in [0.3, 0.4) is 0 Å². The van der Waals surface area contributed by atoms with Gasteiger partial charge in [0, 0.05) is 18.5 Å². The van der Waals surface area contributed by atoms with Gasteiger partial charge < -0.3 is 10.7 Å². The van der Waals surface area contributed by atoms with Crippen LogP contribution >= 0.6 is 0 Å². The van der Waals surface area contributed by atoms with Crippen LogP contribution in [0.25, 0.3) is 0 Å². The van der Waals surface area contributed by atoms with E-state index in [9.17, 15) is 0 Å². The van der Waals surface area contributed by atoms with Gasteiger partial charge in [-0.05, 0) is 31.5 Å². The summed E-state index contributed by atoms with van der Waals surface area (Å²) in [6.07, 6.45) is 3.54. The van der Waals surface area contributed by atoms with Gasteiger partial charge in [-0.25, -0.2) is 15.8 Å². The standard InChI is InChI=1S/C12H16N6/c1-8(10-3-5-14-6-4-10)15-11-7-12(18-13)17-9(2)16-11/h3-8H,13H2,1-2H3,(H2,15,16,17,18). The predicted octanol–water partition coefficient (Wildman–Crippen LogP) is 1.64. The van der Waals surface area contributed by atoms with E-state index in [1.54, 1.807) is 18.5 Å². The van der Waals surface area contributed by atoms with Crippen molar-refractivity contribution in [1.29, 1.82) is 0 Å². The molecule has 0 spiro atoms. The van der Waals surface area contributed by atoms with Gasteiger partial charge in [0.15, 0.2) is 0 Å². The zero-order valence-corrected chi connectivity index (χ0v) is 10.4. The minimum absolute atomic E-state index is 0.132. The van der Waals surface area contributed by atoms with E-state index in [0.29, 0.717) is 11.6 Å². The summed E-state index contributed by atoms with van der Waals surface area (Å²) in [6.45, 7) is 3.88. The molecule has 0 aromatic carbocycles. The van der Waals surface area contributed by atoms with Crippen LogP contribution < -0.4 is 16.6 Å². The molecule has 0 bridgehead atoms. The quantitative estimate of drug-likeness (QED) is 0.559. The van der Waals surface area contributed by atoms with Crippen molar-refractivity contribution in [2.45, 2.75) is 19.9 Å². The van der Waals surface area contributed by atoms with Gasteiger partial charge in [-0.1, -0.05) is 0 Å². The van der Waals surface area contributed by atoms with Crippen molar-refractivity contribution in [2.24, 2.45) is 5.84 Å². The summed E-state index contributed by atoms with van der Waals surface area (Å²) < 4.78 is 0. The van der Waals surface area contributed by atoms with Crippen molar-refractivity contribution in [1.82, 2.24) is 15.0 Å². The fourth-order valence-electron chi connectivity index (χ4n) is 1.67. The molecule has 4 N–H and O–H groups in total. The Morgan fingerprint density at radius 2 is 1.83 bits per heavy atom. The van der Waals surface area contributed by atoms with Gasteiger partial charge in [-0.2, -0.15) is 0 Å². The van der Waals surface area contributed by atoms with Crippen LogP contribution in [0.2, 0.25) is 0 Å². The Kier molecular flexibility index (Phi) is 3.69. The number of nitrogens with one attached hydrogen (secondary N) is 2. The van der Waals surface area contributed by atoms with Gasteiger partial charge in [0.25, 0.3) is 0 Å². The van der Waals surface area contributed by atoms with E-state index in [-0.39, 0.29) is 6.04 Å². The molecule has 0 aliphatic heterocycles. The lowest BCUT2D eigenvalue weighted by Gasteiger charge is -2.15. The average molecular weight is 244 g/mol. The number of pyridine rings is 1. The molecule has 18 heavy (non-hydrogen) atoms. The van der Waals surface area contributed by atoms with Crippen LogP contribution in [0.5, 0.6) is 0 Å². The maximum absolute atomic E-state index is 5.35. The van der Waals surface area contributed by atoms with Gasteiger partial charge in [0.2, 0.25) is 0 Å². The first-order chi connectivity index (χ1) is 8.69. The van der Waals surface area contributed by atoms with Crippen LogP contribution in [-0.4, -0.2) is 15.0 Å². The summed E-state index contributed by atoms with van der Waals surface area (Å²) in [5.41, 5.74) is 3.66. The molecule has 94 valence electrons. The summed E-state index contributed by atoms with van der Waals surface area (Å²) in [4.78, 5) is 12.4. The second kappa shape index (κ2) is 5.42. The van der Waals surface area contributed by atoms with Crippen molar-refractivity contribution in [2.75, 3.05) is 10.7 Å². The third-order valence-corrected chi connectivity index (χ3v) is 2.56. The highest BCUT2D eigenvalue weighted by Crippen LogP contribution is 2.18. The fraction of sp³-hybridized carbons (Fsp3) is 0.250. The molecule has 2 heterocycles. The molecule has 0 fully saturated rings. The Labute approximate surface area is 106 Å². The van der Waals surface area contributed by atoms with Gasteiger partial charge in [-0.3, -0.25) is 4.98 Å². The van der Waals surface area contributed by atoms with Crippen molar-refractivity contribution < 1.29 is 0 Å². The second-order valence-corrected chi connectivity index (χ2v) is 3.98. The number of hydrogen-bond donors (Lipinski definition) is 3. The minimum Gasteiger partial charge on any atom is -0.363 e. The first-order valence-corrected chi connectivity index (χ1v) is 5.68. The molecule has 2 aromatic rings. The maximum Gasteiger partial charge on any atom is 0.145 e. The van der Waals surface area contributed by atoms with Crippen molar-refractivity contribution in [3.8, 4) is 0 Å². The first kappa shape index (κ1) is 12.3. The lowest BCUT2D eigenvalue weighted by molar-refractivity contribution is 0.864. The molecule has 6 nitrogen and oxygen atoms in total. The molecule has 0 aliphatic rings. The molecule has 2 rings (SSSR count). The highest BCUT2D eigenvalue weighted by Gasteiger charge is 2.07. The number of aromatic nitrogens is 3. The van der Waals surface area contributed by atoms with Crippen LogP contribution in [0.1, 0.15) is 24.4 Å². The molecule has 0 amide bonds. The summed E-state index contributed by atoms with van der Waals surface area (Å²) in [7, 11) is 0. The molecule has 0 aliphatic carbocycles. The van der Waals surface area contributed by atoms with Gasteiger partial charge in [0.1, 0.15) is 17.5 Å². The summed E-state index contributed by atoms with van der Waals surface area (Å²) in [5.74, 6) is 7.34. The molecular formula is C12H16N6. The zero-order chi connectivity index (χ0) is 13.0. The molecular weight excluding hydrogens is 228 g/mol. The molecule has 6 heteroatoms. The number of anilines is 2. The second-order valence-electron chi connectivity index (χ2n) is 3.98. The van der Waals surface area contributed by atoms with Crippen LogP contribution in [0, 0.1) is 6.92 Å². The summed E-state index contributed by atoms with van der Waals surface area (Å²) in [6, 6.07) is 5.83. The van der Waals surface area contributed by atoms with Crippen LogP contribution in [0.15, 0.2) is 30.6 Å². The molecule has 0 saturated carbocycles. The van der Waals surface area contributed by atoms with Crippen molar-refractivity contribution >= 4 is 11.6 Å². The van der Waals surface area contributed by atoms with E-state index in [2.05, 4.69) is 32.6 Å². The Bertz CT molecular complexity index is 513. The van der Waals surface area contributed by atoms with E-state index < -0.39 is 0 Å². The Hall–Kier alpha value is -2.21. The predicted molar refractivity (Wildman–Crippen MR) is 70.9 cm³/mol. The topological polar surface area (TPSA) is 88.8 Å². The van der Waals surface area contributed by atoms with Crippen molar-refractivity contribution in [3.63, 3.8) is 0 Å². The SMILES string of the molecule is Cc1nc(NN)cc(NC(C)c2ccncc2)n1. The van der Waals surface area contributed by atoms with Crippen molar-refractivity contribution in [3.05, 3.63) is 42.0 Å². The average Bonchev–Trinajstić information content (AvgIpc) is 2.39. The number of nitrogens with zero attached hydrogens (tertiary/aromatic N) is 3. The Morgan fingerprint density at radius 3 is 2.50 bits per heavy atom. The number of hydrogen-bond acceptors (Lipinski definition) is 6. The number of rotatable bonds is 4. The lowest BCUT2D eigenvalue weighted by Crippen LogP contribution is -2.13. The Morgan fingerprint density at radius 1 is 1.17 bits per heavy atom. The highest BCUT2D eigenvalue weighted by molar-refractivity contribution is 5.48. The number of hydrazine groups is 1. The summed E-state index contributed by atoms with van der Waals surface area (Å²) in [5, 5.41) is 3.30. The Balaban J connectivity index is 2.16. The third-order valence-electron chi connectivity index (χ3n) is 2.56. The smallest absolute Gasteiger partial charge is 0.145 e. The van der Waals surface area contributed by atoms with E-state index in [0.717, 1.165) is 11.4 Å². The number of aryl methyl sites for hydroxylation is 1. The van der Waals surface area contributed by atoms with E-state index >= 15 is 0 Å². The normalized spacial score (nSPS) is 11.9. The van der Waals surface area contributed by atoms with Gasteiger partial charge in [-0.15, -0.1) is 0 Å². The number of nitrogens with two attached hydrogens (primary N) is 1. The summed E-state index contributed by atoms with van der Waals surface area (Å²) >= 11 is 0. The molecule has 2 aromatic heterocycles. The molecule has 0 radical (unpaired) electrons.